The Hall–Kier alpha value is -3.39. The number of carbonyl (C=O) groups is 2. The maximum Gasteiger partial charge on any atom is 0.300 e. The number of ether oxygens (including phenoxy) is 2. The predicted molar refractivity (Wildman–Crippen MR) is 143 cm³/mol. The van der Waals surface area contributed by atoms with Gasteiger partial charge in [-0.3, -0.25) is 14.5 Å². The lowest BCUT2D eigenvalue weighted by molar-refractivity contribution is -0.132. The summed E-state index contributed by atoms with van der Waals surface area (Å²) in [5, 5.41) is 21.5. The van der Waals surface area contributed by atoms with Crippen molar-refractivity contribution in [2.24, 2.45) is 0 Å². The summed E-state index contributed by atoms with van der Waals surface area (Å²) < 4.78 is 10.6. The molecule has 1 fully saturated rings. The van der Waals surface area contributed by atoms with Crippen LogP contribution in [0.1, 0.15) is 28.3 Å². The van der Waals surface area contributed by atoms with Crippen molar-refractivity contribution in [2.45, 2.75) is 19.9 Å². The fourth-order valence-electron chi connectivity index (χ4n) is 4.27. The molecule has 0 aliphatic carbocycles. The van der Waals surface area contributed by atoms with Gasteiger partial charge in [0.15, 0.2) is 11.5 Å². The first-order chi connectivity index (χ1) is 17.5. The van der Waals surface area contributed by atoms with Crippen molar-refractivity contribution >= 4 is 57.9 Å². The van der Waals surface area contributed by atoms with E-state index in [1.807, 2.05) is 19.9 Å². The molecule has 10 heteroatoms. The van der Waals surface area contributed by atoms with Crippen LogP contribution in [0.15, 0.2) is 48.0 Å². The van der Waals surface area contributed by atoms with Crippen LogP contribution in [-0.4, -0.2) is 36.1 Å². The van der Waals surface area contributed by atoms with Gasteiger partial charge in [-0.15, -0.1) is 0 Å². The quantitative estimate of drug-likeness (QED) is 0.206. The third-order valence-electron chi connectivity index (χ3n) is 6.30. The molecule has 1 amide bonds. The first kappa shape index (κ1) is 26.7. The van der Waals surface area contributed by atoms with E-state index in [9.17, 15) is 19.8 Å². The molecule has 192 valence electrons. The van der Waals surface area contributed by atoms with Gasteiger partial charge in [-0.1, -0.05) is 46.9 Å². The Morgan fingerprint density at radius 3 is 2.16 bits per heavy atom. The van der Waals surface area contributed by atoms with Crippen molar-refractivity contribution in [2.75, 3.05) is 19.1 Å². The Bertz CT molecular complexity index is 1480. The monoisotopic (exact) mass is 561 g/mol. The van der Waals surface area contributed by atoms with E-state index in [2.05, 4.69) is 0 Å². The van der Waals surface area contributed by atoms with Crippen LogP contribution in [0.2, 0.25) is 15.1 Å². The predicted octanol–water partition coefficient (Wildman–Crippen LogP) is 6.61. The second kappa shape index (κ2) is 10.2. The van der Waals surface area contributed by atoms with E-state index in [0.717, 1.165) is 11.1 Å². The number of aromatic hydroxyl groups is 1. The number of carbonyl (C=O) groups excluding carboxylic acids is 2. The fraction of sp³-hybridized carbons (Fsp3) is 0.185. The number of aryl methyl sites for hydroxylation is 2. The van der Waals surface area contributed by atoms with Crippen molar-refractivity contribution < 1.29 is 29.3 Å². The minimum Gasteiger partial charge on any atom is -0.507 e. The molecule has 0 spiro atoms. The minimum absolute atomic E-state index is 0.000263. The Morgan fingerprint density at radius 2 is 1.57 bits per heavy atom. The summed E-state index contributed by atoms with van der Waals surface area (Å²) >= 11 is 18.9. The van der Waals surface area contributed by atoms with E-state index in [1.54, 1.807) is 12.1 Å². The molecule has 1 atom stereocenters. The molecule has 0 radical (unpaired) electrons. The summed E-state index contributed by atoms with van der Waals surface area (Å²) in [7, 11) is 2.70. The van der Waals surface area contributed by atoms with Gasteiger partial charge < -0.3 is 19.7 Å². The Morgan fingerprint density at radius 1 is 0.892 bits per heavy atom. The number of hydrogen-bond donors (Lipinski definition) is 2. The molecular formula is C27H22Cl3NO6. The van der Waals surface area contributed by atoms with Crippen molar-refractivity contribution in [3.05, 3.63) is 85.4 Å². The molecule has 7 nitrogen and oxygen atoms in total. The number of nitrogens with zero attached hydrogens (tertiary/aromatic N) is 1. The first-order valence-electron chi connectivity index (χ1n) is 11.0. The number of aliphatic hydroxyl groups excluding tert-OH is 1. The summed E-state index contributed by atoms with van der Waals surface area (Å²) in [5.41, 5.74) is 2.48. The van der Waals surface area contributed by atoms with Crippen molar-refractivity contribution in [3.8, 4) is 17.2 Å². The van der Waals surface area contributed by atoms with E-state index in [1.165, 1.54) is 43.4 Å². The topological polar surface area (TPSA) is 96.3 Å². The van der Waals surface area contributed by atoms with Gasteiger partial charge in [0.05, 0.1) is 41.4 Å². The number of ketones is 1. The van der Waals surface area contributed by atoms with E-state index in [-0.39, 0.29) is 43.5 Å². The highest BCUT2D eigenvalue weighted by molar-refractivity contribution is 6.52. The van der Waals surface area contributed by atoms with Gasteiger partial charge in [-0.25, -0.2) is 0 Å². The number of methoxy groups -OCH3 is 2. The molecule has 2 N–H and O–H groups in total. The molecule has 4 rings (SSSR count). The van der Waals surface area contributed by atoms with Crippen molar-refractivity contribution in [3.63, 3.8) is 0 Å². The SMILES string of the molecule is COc1c(Cl)cc(/C(O)=C2\C(=O)C(=O)N(c3ccc(C)c(C)c3)C2c2ccc(O)c(Cl)c2)c(OC)c1Cl. The third kappa shape index (κ3) is 4.48. The summed E-state index contributed by atoms with van der Waals surface area (Å²) in [6, 6.07) is 9.86. The van der Waals surface area contributed by atoms with Crippen LogP contribution in [0.5, 0.6) is 17.2 Å². The second-order valence-electron chi connectivity index (χ2n) is 8.43. The summed E-state index contributed by atoms with van der Waals surface area (Å²) in [6.45, 7) is 3.81. The normalized spacial score (nSPS) is 16.8. The number of rotatable bonds is 5. The molecule has 37 heavy (non-hydrogen) atoms. The van der Waals surface area contributed by atoms with Gasteiger partial charge in [0.1, 0.15) is 16.5 Å². The van der Waals surface area contributed by atoms with Gasteiger partial charge in [-0.05, 0) is 60.9 Å². The standard InChI is InChI=1S/C27H22Cl3NO6/c1-12-5-7-15(9-13(12)2)31-22(14-6-8-19(32)17(28)10-14)20(24(34)27(31)35)23(33)16-11-18(29)26(37-4)21(30)25(16)36-3/h5-11,22,32-33H,1-4H3/b23-20+. The zero-order chi connectivity index (χ0) is 27.2. The van der Waals surface area contributed by atoms with Crippen LogP contribution in [0.4, 0.5) is 5.69 Å². The second-order valence-corrected chi connectivity index (χ2v) is 9.63. The number of hydrogen-bond acceptors (Lipinski definition) is 6. The lowest BCUT2D eigenvalue weighted by Gasteiger charge is -2.26. The number of aliphatic hydroxyl groups is 1. The Labute approximate surface area is 228 Å². The smallest absolute Gasteiger partial charge is 0.300 e. The average Bonchev–Trinajstić information content (AvgIpc) is 3.12. The van der Waals surface area contributed by atoms with E-state index >= 15 is 0 Å². The highest BCUT2D eigenvalue weighted by Gasteiger charge is 2.47. The lowest BCUT2D eigenvalue weighted by Crippen LogP contribution is -2.29. The molecule has 0 aromatic heterocycles. The fourth-order valence-corrected chi connectivity index (χ4v) is 5.15. The zero-order valence-corrected chi connectivity index (χ0v) is 22.5. The molecule has 1 heterocycles. The van der Waals surface area contributed by atoms with Gasteiger partial charge >= 0.3 is 0 Å². The van der Waals surface area contributed by atoms with Crippen molar-refractivity contribution in [1.82, 2.24) is 0 Å². The number of phenolic OH excluding ortho intramolecular Hbond substituents is 1. The first-order valence-corrected chi connectivity index (χ1v) is 12.1. The highest BCUT2D eigenvalue weighted by atomic mass is 35.5. The summed E-state index contributed by atoms with van der Waals surface area (Å²) in [4.78, 5) is 28.2. The molecule has 1 saturated heterocycles. The number of phenols is 1. The van der Waals surface area contributed by atoms with E-state index < -0.39 is 23.5 Å². The van der Waals surface area contributed by atoms with Gasteiger partial charge in [0.2, 0.25) is 0 Å². The largest absolute Gasteiger partial charge is 0.507 e. The minimum atomic E-state index is -1.09. The van der Waals surface area contributed by atoms with Gasteiger partial charge in [0.25, 0.3) is 11.7 Å². The number of anilines is 1. The molecule has 3 aromatic carbocycles. The molecular weight excluding hydrogens is 541 g/mol. The van der Waals surface area contributed by atoms with Crippen LogP contribution in [0.3, 0.4) is 0 Å². The number of benzene rings is 3. The molecule has 0 bridgehead atoms. The van der Waals surface area contributed by atoms with Gasteiger partial charge in [0, 0.05) is 5.69 Å². The zero-order valence-electron chi connectivity index (χ0n) is 20.2. The van der Waals surface area contributed by atoms with Crippen LogP contribution < -0.4 is 14.4 Å². The number of Topliss-reactive ketones (excluding diaryl/α,β-unsaturated/α-hetero) is 1. The Kier molecular flexibility index (Phi) is 7.33. The van der Waals surface area contributed by atoms with Gasteiger partial charge in [-0.2, -0.15) is 0 Å². The summed E-state index contributed by atoms with van der Waals surface area (Å²) in [6.07, 6.45) is 0. The van der Waals surface area contributed by atoms with Crippen LogP contribution >= 0.6 is 34.8 Å². The van der Waals surface area contributed by atoms with Crippen LogP contribution in [0.25, 0.3) is 5.76 Å². The number of halogens is 3. The molecule has 1 aliphatic heterocycles. The summed E-state index contributed by atoms with van der Waals surface area (Å²) in [5.74, 6) is -2.40. The molecule has 3 aromatic rings. The third-order valence-corrected chi connectivity index (χ3v) is 7.22. The number of amides is 1. The lowest BCUT2D eigenvalue weighted by atomic mass is 9.94. The van der Waals surface area contributed by atoms with Crippen molar-refractivity contribution in [1.29, 1.82) is 0 Å². The maximum atomic E-state index is 13.5. The highest BCUT2D eigenvalue weighted by Crippen LogP contribution is 2.48. The Balaban J connectivity index is 2.04. The van der Waals surface area contributed by atoms with E-state index in [0.29, 0.717) is 11.3 Å². The average molecular weight is 563 g/mol. The van der Waals surface area contributed by atoms with Crippen LogP contribution in [0, 0.1) is 13.8 Å². The van der Waals surface area contributed by atoms with Crippen LogP contribution in [-0.2, 0) is 9.59 Å². The maximum absolute atomic E-state index is 13.5. The molecule has 1 unspecified atom stereocenters. The van der Waals surface area contributed by atoms with E-state index in [4.69, 9.17) is 44.3 Å². The molecule has 1 aliphatic rings. The molecule has 0 saturated carbocycles.